The molecule has 2 rings (SSSR count). The van der Waals surface area contributed by atoms with E-state index in [0.717, 1.165) is 15.0 Å². The number of hydrogen-bond acceptors (Lipinski definition) is 3. The fourth-order valence-corrected chi connectivity index (χ4v) is 2.92. The molecule has 1 heterocycles. The van der Waals surface area contributed by atoms with Crippen LogP contribution in [0.1, 0.15) is 15.2 Å². The molecule has 0 radical (unpaired) electrons. The predicted octanol–water partition coefficient (Wildman–Crippen LogP) is 3.48. The molecule has 0 saturated carbocycles. The van der Waals surface area contributed by atoms with E-state index in [-0.39, 0.29) is 5.91 Å². The van der Waals surface area contributed by atoms with Crippen LogP contribution < -0.4 is 10.6 Å². The Kier molecular flexibility index (Phi) is 4.38. The summed E-state index contributed by atoms with van der Waals surface area (Å²) in [6, 6.07) is 9.44. The van der Waals surface area contributed by atoms with E-state index >= 15 is 0 Å². The summed E-state index contributed by atoms with van der Waals surface area (Å²) in [5.41, 5.74) is 1.60. The van der Waals surface area contributed by atoms with Gasteiger partial charge in [-0.2, -0.15) is 0 Å². The Labute approximate surface area is 118 Å². The highest BCUT2D eigenvalue weighted by molar-refractivity contribution is 9.10. The van der Waals surface area contributed by atoms with Crippen LogP contribution in [0.3, 0.4) is 0 Å². The highest BCUT2D eigenvalue weighted by Gasteiger charge is 2.06. The number of rotatable bonds is 4. The van der Waals surface area contributed by atoms with Gasteiger partial charge in [-0.15, -0.1) is 11.3 Å². The van der Waals surface area contributed by atoms with Crippen LogP contribution in [0.5, 0.6) is 0 Å². The third-order valence-corrected chi connectivity index (χ3v) is 4.16. The van der Waals surface area contributed by atoms with Gasteiger partial charge >= 0.3 is 0 Å². The molecule has 0 aliphatic heterocycles. The first-order valence-corrected chi connectivity index (χ1v) is 7.15. The van der Waals surface area contributed by atoms with Crippen LogP contribution in [0.15, 0.2) is 40.2 Å². The van der Waals surface area contributed by atoms with Gasteiger partial charge in [0.25, 0.3) is 5.91 Å². The number of carbonyl (C=O) groups is 1. The quantitative estimate of drug-likeness (QED) is 0.904. The van der Waals surface area contributed by atoms with Crippen molar-refractivity contribution in [1.82, 2.24) is 5.32 Å². The van der Waals surface area contributed by atoms with E-state index in [1.807, 2.05) is 36.7 Å². The molecule has 1 aromatic carbocycles. The van der Waals surface area contributed by atoms with Crippen molar-refractivity contribution in [2.75, 3.05) is 12.4 Å². The molecule has 2 N–H and O–H groups in total. The molecule has 0 bridgehead atoms. The molecule has 0 fully saturated rings. The maximum atomic E-state index is 11.9. The Morgan fingerprint density at radius 1 is 1.39 bits per heavy atom. The van der Waals surface area contributed by atoms with Crippen molar-refractivity contribution in [3.63, 3.8) is 0 Å². The summed E-state index contributed by atoms with van der Waals surface area (Å²) in [6.07, 6.45) is 0. The number of hydrogen-bond donors (Lipinski definition) is 2. The molecular weight excluding hydrogens is 312 g/mol. The van der Waals surface area contributed by atoms with Crippen LogP contribution in [0, 0.1) is 0 Å². The zero-order chi connectivity index (χ0) is 13.0. The molecule has 0 atom stereocenters. The van der Waals surface area contributed by atoms with Crippen molar-refractivity contribution >= 4 is 38.9 Å². The molecule has 0 saturated heterocycles. The van der Waals surface area contributed by atoms with Gasteiger partial charge in [0.2, 0.25) is 0 Å². The number of benzene rings is 1. The Morgan fingerprint density at radius 3 is 2.89 bits per heavy atom. The van der Waals surface area contributed by atoms with Crippen LogP contribution in [0.2, 0.25) is 0 Å². The number of thiophene rings is 1. The number of anilines is 1. The van der Waals surface area contributed by atoms with Gasteiger partial charge in [0.05, 0.1) is 6.54 Å². The van der Waals surface area contributed by atoms with Crippen LogP contribution in [0.4, 0.5) is 5.69 Å². The molecular formula is C13H13BrN2OS. The summed E-state index contributed by atoms with van der Waals surface area (Å²) >= 11 is 5.01. The van der Waals surface area contributed by atoms with E-state index in [0.29, 0.717) is 12.1 Å². The topological polar surface area (TPSA) is 41.1 Å². The van der Waals surface area contributed by atoms with Crippen LogP contribution >= 0.6 is 27.3 Å². The second kappa shape index (κ2) is 6.02. The largest absolute Gasteiger partial charge is 0.388 e. The zero-order valence-electron chi connectivity index (χ0n) is 9.87. The first-order chi connectivity index (χ1) is 8.69. The van der Waals surface area contributed by atoms with E-state index in [2.05, 4.69) is 26.6 Å². The van der Waals surface area contributed by atoms with Gasteiger partial charge < -0.3 is 10.6 Å². The summed E-state index contributed by atoms with van der Waals surface area (Å²) in [5.74, 6) is -0.0587. The van der Waals surface area contributed by atoms with Crippen molar-refractivity contribution < 1.29 is 4.79 Å². The first-order valence-electron chi connectivity index (χ1n) is 5.48. The number of carbonyl (C=O) groups excluding carboxylic acids is 1. The predicted molar refractivity (Wildman–Crippen MR) is 79.2 cm³/mol. The molecule has 0 aliphatic rings. The Balaban J connectivity index is 1.99. The average molecular weight is 325 g/mol. The summed E-state index contributed by atoms with van der Waals surface area (Å²) in [5, 5.41) is 7.92. The monoisotopic (exact) mass is 324 g/mol. The van der Waals surface area contributed by atoms with Crippen molar-refractivity contribution in [2.45, 2.75) is 6.54 Å². The van der Waals surface area contributed by atoms with Crippen LogP contribution in [-0.4, -0.2) is 13.0 Å². The van der Waals surface area contributed by atoms with Gasteiger partial charge in [-0.3, -0.25) is 4.79 Å². The van der Waals surface area contributed by atoms with Gasteiger partial charge in [-0.05, 0) is 40.2 Å². The van der Waals surface area contributed by atoms with Crippen molar-refractivity contribution in [2.24, 2.45) is 0 Å². The minimum Gasteiger partial charge on any atom is -0.388 e. The molecule has 5 heteroatoms. The summed E-state index contributed by atoms with van der Waals surface area (Å²) < 4.78 is 1.05. The van der Waals surface area contributed by atoms with Gasteiger partial charge in [0.15, 0.2) is 0 Å². The smallest absolute Gasteiger partial charge is 0.251 e. The van der Waals surface area contributed by atoms with Gasteiger partial charge in [-0.1, -0.05) is 6.07 Å². The lowest BCUT2D eigenvalue weighted by Crippen LogP contribution is -2.22. The average Bonchev–Trinajstić information content (AvgIpc) is 2.82. The number of halogens is 1. The highest BCUT2D eigenvalue weighted by Crippen LogP contribution is 2.19. The Morgan fingerprint density at radius 2 is 2.22 bits per heavy atom. The SMILES string of the molecule is CNc1cccc(C(=O)NCc2cc(Br)cs2)c1. The zero-order valence-corrected chi connectivity index (χ0v) is 12.3. The minimum absolute atomic E-state index is 0.0587. The maximum absolute atomic E-state index is 11.9. The molecule has 1 amide bonds. The number of amides is 1. The van der Waals surface area contributed by atoms with E-state index in [4.69, 9.17) is 0 Å². The molecule has 2 aromatic rings. The first kappa shape index (κ1) is 13.1. The number of nitrogens with one attached hydrogen (secondary N) is 2. The minimum atomic E-state index is -0.0587. The summed E-state index contributed by atoms with van der Waals surface area (Å²) in [4.78, 5) is 13.1. The van der Waals surface area contributed by atoms with Gasteiger partial charge in [0, 0.05) is 33.0 Å². The lowest BCUT2D eigenvalue weighted by atomic mass is 10.2. The van der Waals surface area contributed by atoms with Crippen molar-refractivity contribution in [3.8, 4) is 0 Å². The normalized spacial score (nSPS) is 10.1. The van der Waals surface area contributed by atoms with Crippen molar-refractivity contribution in [3.05, 3.63) is 50.6 Å². The third kappa shape index (κ3) is 3.34. The molecule has 0 unspecified atom stereocenters. The van der Waals surface area contributed by atoms with Gasteiger partial charge in [0.1, 0.15) is 0 Å². The van der Waals surface area contributed by atoms with Crippen molar-refractivity contribution in [1.29, 1.82) is 0 Å². The lowest BCUT2D eigenvalue weighted by Gasteiger charge is -2.05. The van der Waals surface area contributed by atoms with E-state index < -0.39 is 0 Å². The second-order valence-corrected chi connectivity index (χ2v) is 5.66. The van der Waals surface area contributed by atoms with Gasteiger partial charge in [-0.25, -0.2) is 0 Å². The van der Waals surface area contributed by atoms with Crippen LogP contribution in [0.25, 0.3) is 0 Å². The summed E-state index contributed by atoms with van der Waals surface area (Å²) in [6.45, 7) is 0.554. The van der Waals surface area contributed by atoms with E-state index in [1.165, 1.54) is 0 Å². The standard InChI is InChI=1S/C13H13BrN2OS/c1-15-11-4-2-3-9(5-11)13(17)16-7-12-6-10(14)8-18-12/h2-6,8,15H,7H2,1H3,(H,16,17). The summed E-state index contributed by atoms with van der Waals surface area (Å²) in [7, 11) is 1.83. The molecule has 0 aliphatic carbocycles. The molecule has 1 aromatic heterocycles. The fraction of sp³-hybridized carbons (Fsp3) is 0.154. The Hall–Kier alpha value is -1.33. The maximum Gasteiger partial charge on any atom is 0.251 e. The molecule has 18 heavy (non-hydrogen) atoms. The van der Waals surface area contributed by atoms with Crippen LogP contribution in [-0.2, 0) is 6.54 Å². The second-order valence-electron chi connectivity index (χ2n) is 3.74. The molecule has 94 valence electrons. The third-order valence-electron chi connectivity index (χ3n) is 2.46. The lowest BCUT2D eigenvalue weighted by molar-refractivity contribution is 0.0951. The highest BCUT2D eigenvalue weighted by atomic mass is 79.9. The molecule has 3 nitrogen and oxygen atoms in total. The Bertz CT molecular complexity index is 553. The molecule has 0 spiro atoms. The van der Waals surface area contributed by atoms with E-state index in [1.54, 1.807) is 17.4 Å². The fourth-order valence-electron chi connectivity index (χ4n) is 1.53. The van der Waals surface area contributed by atoms with E-state index in [9.17, 15) is 4.79 Å².